The summed E-state index contributed by atoms with van der Waals surface area (Å²) in [5.41, 5.74) is -2.60. The van der Waals surface area contributed by atoms with Crippen molar-refractivity contribution in [2.24, 2.45) is 28.6 Å². The number of alkyl carbamates (subject to hydrolysis) is 1. The van der Waals surface area contributed by atoms with Gasteiger partial charge in [0.1, 0.15) is 22.8 Å². The summed E-state index contributed by atoms with van der Waals surface area (Å²) in [5.74, 6) is -0.874. The number of allylic oxidation sites excluding steroid dienone is 1. The van der Waals surface area contributed by atoms with E-state index in [0.717, 1.165) is 25.7 Å². The SMILES string of the molecule is CC(C)(C)OC(=O)CCC(NC(=O)OC(C)(C)C)C(=O)OCC(=O)[C@@]1(O)CCC2C3CCC4=CC(=O)CC[C@]4(C)C3CC[C@@]21C. The minimum Gasteiger partial charge on any atom is -0.460 e. The molecule has 10 nitrogen and oxygen atoms in total. The fraction of sp³-hybridized carbons (Fsp3) is 0.800. The number of aliphatic hydroxyl groups is 1. The lowest BCUT2D eigenvalue weighted by Gasteiger charge is -2.58. The van der Waals surface area contributed by atoms with Gasteiger partial charge in [0.25, 0.3) is 0 Å². The summed E-state index contributed by atoms with van der Waals surface area (Å²) in [4.78, 5) is 63.9. The maximum absolute atomic E-state index is 13.7. The van der Waals surface area contributed by atoms with Crippen molar-refractivity contribution in [2.75, 3.05) is 6.61 Å². The van der Waals surface area contributed by atoms with Gasteiger partial charge in [-0.25, -0.2) is 9.59 Å². The number of Topliss-reactive ketones (excluding diaryl/α,β-unsaturated/α-hetero) is 1. The average molecular weight is 632 g/mol. The second-order valence-electron chi connectivity index (χ2n) is 16.2. The second-order valence-corrected chi connectivity index (χ2v) is 16.2. The predicted molar refractivity (Wildman–Crippen MR) is 166 cm³/mol. The number of carbonyl (C=O) groups excluding carboxylic acids is 5. The summed E-state index contributed by atoms with van der Waals surface area (Å²) in [6, 6.07) is -1.26. The van der Waals surface area contributed by atoms with E-state index < -0.39 is 58.7 Å². The zero-order chi connectivity index (χ0) is 33.6. The highest BCUT2D eigenvalue weighted by Crippen LogP contribution is 2.67. The topological polar surface area (TPSA) is 145 Å². The zero-order valence-corrected chi connectivity index (χ0v) is 28.4. The first-order valence-electron chi connectivity index (χ1n) is 16.6. The van der Waals surface area contributed by atoms with E-state index in [2.05, 4.69) is 12.2 Å². The van der Waals surface area contributed by atoms with E-state index in [-0.39, 0.29) is 30.0 Å². The third-order valence-corrected chi connectivity index (χ3v) is 11.0. The average Bonchev–Trinajstić information content (AvgIpc) is 3.19. The Hall–Kier alpha value is -2.75. The van der Waals surface area contributed by atoms with E-state index in [1.54, 1.807) is 41.5 Å². The molecule has 3 fully saturated rings. The Morgan fingerprint density at radius 2 is 1.58 bits per heavy atom. The molecule has 3 saturated carbocycles. The van der Waals surface area contributed by atoms with Gasteiger partial charge >= 0.3 is 18.0 Å². The number of hydrogen-bond donors (Lipinski definition) is 2. The Bertz CT molecular complexity index is 1240. The number of carbonyl (C=O) groups is 5. The monoisotopic (exact) mass is 631 g/mol. The molecule has 4 rings (SSSR count). The van der Waals surface area contributed by atoms with Crippen LogP contribution in [0.1, 0.15) is 120 Å². The van der Waals surface area contributed by atoms with Crippen molar-refractivity contribution >= 4 is 29.6 Å². The fourth-order valence-electron chi connectivity index (χ4n) is 8.74. The second kappa shape index (κ2) is 12.5. The van der Waals surface area contributed by atoms with Crippen molar-refractivity contribution in [2.45, 2.75) is 142 Å². The lowest BCUT2D eigenvalue weighted by molar-refractivity contribution is -0.170. The van der Waals surface area contributed by atoms with Crippen LogP contribution in [0.3, 0.4) is 0 Å². The largest absolute Gasteiger partial charge is 0.460 e. The van der Waals surface area contributed by atoms with Gasteiger partial charge in [-0.3, -0.25) is 14.4 Å². The van der Waals surface area contributed by atoms with Crippen LogP contribution in [0.25, 0.3) is 0 Å². The van der Waals surface area contributed by atoms with Crippen LogP contribution in [-0.4, -0.2) is 64.2 Å². The first-order valence-corrected chi connectivity index (χ1v) is 16.6. The molecule has 252 valence electrons. The van der Waals surface area contributed by atoms with Crippen LogP contribution >= 0.6 is 0 Å². The number of ketones is 2. The van der Waals surface area contributed by atoms with Crippen molar-refractivity contribution in [3.63, 3.8) is 0 Å². The molecule has 4 aliphatic carbocycles. The van der Waals surface area contributed by atoms with Crippen LogP contribution in [0.5, 0.6) is 0 Å². The minimum absolute atomic E-state index is 0.0200. The molecule has 0 saturated heterocycles. The minimum atomic E-state index is -1.65. The summed E-state index contributed by atoms with van der Waals surface area (Å²) in [5, 5.41) is 14.5. The van der Waals surface area contributed by atoms with Crippen molar-refractivity contribution in [1.29, 1.82) is 0 Å². The molecule has 0 aromatic carbocycles. The number of rotatable bonds is 8. The molecule has 4 aliphatic rings. The molecule has 0 aliphatic heterocycles. The standard InChI is InChI=1S/C35H53NO9/c1-31(2,3)44-28(39)12-11-26(36-30(41)45-32(4,5)6)29(40)43-20-27(38)35(42)18-15-25-23-10-9-21-19-22(37)13-16-33(21,7)24(23)14-17-34(25,35)8/h19,23-26,42H,9-18,20H2,1-8H3,(H,36,41)/t23?,24?,25?,26?,33-,34-,35-/m0/s1. The van der Waals surface area contributed by atoms with Crippen molar-refractivity contribution in [3.05, 3.63) is 11.6 Å². The van der Waals surface area contributed by atoms with Gasteiger partial charge in [0.05, 0.1) is 0 Å². The third-order valence-electron chi connectivity index (χ3n) is 11.0. The number of ether oxygens (including phenoxy) is 3. The summed E-state index contributed by atoms with van der Waals surface area (Å²) >= 11 is 0. The van der Waals surface area contributed by atoms with Gasteiger partial charge < -0.3 is 24.6 Å². The van der Waals surface area contributed by atoms with Gasteiger partial charge in [-0.2, -0.15) is 0 Å². The molecule has 0 bridgehead atoms. The van der Waals surface area contributed by atoms with E-state index >= 15 is 0 Å². The molecule has 0 spiro atoms. The van der Waals surface area contributed by atoms with Gasteiger partial charge in [-0.15, -0.1) is 0 Å². The lowest BCUT2D eigenvalue weighted by atomic mass is 9.46. The van der Waals surface area contributed by atoms with E-state index in [9.17, 15) is 29.1 Å². The van der Waals surface area contributed by atoms with Crippen LogP contribution < -0.4 is 5.32 Å². The molecule has 0 aromatic rings. The molecule has 10 heteroatoms. The van der Waals surface area contributed by atoms with E-state index in [1.165, 1.54) is 5.57 Å². The molecule has 0 aromatic heterocycles. The highest BCUT2D eigenvalue weighted by Gasteiger charge is 2.66. The highest BCUT2D eigenvalue weighted by atomic mass is 16.6. The molecule has 0 heterocycles. The number of fused-ring (bicyclic) bond motifs is 5. The summed E-state index contributed by atoms with van der Waals surface area (Å²) in [6.45, 7) is 13.9. The van der Waals surface area contributed by atoms with Gasteiger partial charge in [-0.05, 0) is 122 Å². The molecule has 7 atom stereocenters. The van der Waals surface area contributed by atoms with E-state index in [4.69, 9.17) is 14.2 Å². The first kappa shape index (κ1) is 35.1. The van der Waals surface area contributed by atoms with Crippen LogP contribution in [0, 0.1) is 28.6 Å². The number of amides is 1. The number of hydrogen-bond acceptors (Lipinski definition) is 9. The maximum atomic E-state index is 13.7. The fourth-order valence-corrected chi connectivity index (χ4v) is 8.74. The smallest absolute Gasteiger partial charge is 0.408 e. The molecule has 45 heavy (non-hydrogen) atoms. The van der Waals surface area contributed by atoms with Gasteiger partial charge in [0.15, 0.2) is 12.4 Å². The van der Waals surface area contributed by atoms with Crippen molar-refractivity contribution in [1.82, 2.24) is 5.32 Å². The molecule has 4 unspecified atom stereocenters. The molecule has 0 radical (unpaired) electrons. The molecule has 2 N–H and O–H groups in total. The number of esters is 2. The Morgan fingerprint density at radius 1 is 0.933 bits per heavy atom. The highest BCUT2D eigenvalue weighted by molar-refractivity contribution is 5.92. The van der Waals surface area contributed by atoms with Gasteiger partial charge in [0, 0.05) is 18.3 Å². The summed E-state index contributed by atoms with van der Waals surface area (Å²) in [6.07, 6.45) is 6.50. The molecule has 1 amide bonds. The molecular weight excluding hydrogens is 578 g/mol. The summed E-state index contributed by atoms with van der Waals surface area (Å²) < 4.78 is 16.0. The maximum Gasteiger partial charge on any atom is 0.408 e. The normalized spacial score (nSPS) is 33.5. The van der Waals surface area contributed by atoms with E-state index in [0.29, 0.717) is 37.5 Å². The van der Waals surface area contributed by atoms with Crippen LogP contribution in [0.4, 0.5) is 4.79 Å². The quantitative estimate of drug-likeness (QED) is 0.266. The number of nitrogens with one attached hydrogen (secondary N) is 1. The van der Waals surface area contributed by atoms with Crippen molar-refractivity contribution < 1.29 is 43.3 Å². The van der Waals surface area contributed by atoms with Crippen LogP contribution in [0.15, 0.2) is 11.6 Å². The molecular formula is C35H53NO9. The van der Waals surface area contributed by atoms with Crippen LogP contribution in [0.2, 0.25) is 0 Å². The Morgan fingerprint density at radius 3 is 2.22 bits per heavy atom. The predicted octanol–water partition coefficient (Wildman–Crippen LogP) is 5.38. The van der Waals surface area contributed by atoms with E-state index in [1.807, 2.05) is 13.0 Å². The Balaban J connectivity index is 1.43. The van der Waals surface area contributed by atoms with Gasteiger partial charge in [0.2, 0.25) is 5.78 Å². The Kier molecular flexibility index (Phi) is 9.72. The third kappa shape index (κ3) is 7.31. The first-order chi connectivity index (χ1) is 20.7. The zero-order valence-electron chi connectivity index (χ0n) is 28.4. The summed E-state index contributed by atoms with van der Waals surface area (Å²) in [7, 11) is 0. The van der Waals surface area contributed by atoms with Crippen LogP contribution in [-0.2, 0) is 33.4 Å². The van der Waals surface area contributed by atoms with Crippen molar-refractivity contribution in [3.8, 4) is 0 Å². The Labute approximate surface area is 267 Å². The van der Waals surface area contributed by atoms with Gasteiger partial charge in [-0.1, -0.05) is 19.4 Å². The lowest BCUT2D eigenvalue weighted by Crippen LogP contribution is -2.58.